The number of carbonyl (C=O) groups excluding carboxylic acids is 1. The van der Waals surface area contributed by atoms with E-state index in [2.05, 4.69) is 11.8 Å². The van der Waals surface area contributed by atoms with Crippen LogP contribution in [0.25, 0.3) is 0 Å². The van der Waals surface area contributed by atoms with Gasteiger partial charge in [0.05, 0.1) is 5.56 Å². The molecule has 0 fully saturated rings. The first kappa shape index (κ1) is 10.0. The molecule has 0 saturated heterocycles. The van der Waals surface area contributed by atoms with Crippen LogP contribution in [0.1, 0.15) is 21.5 Å². The number of rotatable bonds is 1. The highest BCUT2D eigenvalue weighted by Gasteiger charge is 2.07. The Kier molecular flexibility index (Phi) is 3.03. The van der Waals surface area contributed by atoms with Gasteiger partial charge in [0.25, 0.3) is 0 Å². The molecule has 1 N–H and O–H groups in total. The van der Waals surface area contributed by atoms with E-state index in [0.29, 0.717) is 17.4 Å². The number of hydrogen-bond donors (Lipinski definition) is 1. The summed E-state index contributed by atoms with van der Waals surface area (Å²) in [5, 5.41) is 8.80. The minimum Gasteiger partial charge on any atom is -0.478 e. The SMILES string of the molecule is Cc1c(C#CC=O)cccc1C(=O)O. The Morgan fingerprint density at radius 2 is 2.21 bits per heavy atom. The van der Waals surface area contributed by atoms with Gasteiger partial charge in [0.1, 0.15) is 0 Å². The van der Waals surface area contributed by atoms with Gasteiger partial charge < -0.3 is 5.11 Å². The lowest BCUT2D eigenvalue weighted by Crippen LogP contribution is -2.00. The summed E-state index contributed by atoms with van der Waals surface area (Å²) in [7, 11) is 0. The van der Waals surface area contributed by atoms with Crippen LogP contribution in [0, 0.1) is 18.8 Å². The Bertz CT molecular complexity index is 436. The molecule has 1 rings (SSSR count). The molecule has 1 aromatic carbocycles. The Labute approximate surface area is 81.4 Å². The molecule has 14 heavy (non-hydrogen) atoms. The average Bonchev–Trinajstić information content (AvgIpc) is 2.16. The minimum atomic E-state index is -0.989. The van der Waals surface area contributed by atoms with Gasteiger partial charge in [-0.25, -0.2) is 4.79 Å². The maximum atomic E-state index is 10.7. The zero-order chi connectivity index (χ0) is 10.6. The van der Waals surface area contributed by atoms with Gasteiger partial charge in [-0.15, -0.1) is 0 Å². The molecule has 0 aromatic heterocycles. The van der Waals surface area contributed by atoms with Crippen LogP contribution in [0.3, 0.4) is 0 Å². The van der Waals surface area contributed by atoms with Gasteiger partial charge in [0.2, 0.25) is 0 Å². The molecule has 0 saturated carbocycles. The van der Waals surface area contributed by atoms with Gasteiger partial charge in [-0.3, -0.25) is 4.79 Å². The predicted octanol–water partition coefficient (Wildman–Crippen LogP) is 1.24. The summed E-state index contributed by atoms with van der Waals surface area (Å²) < 4.78 is 0. The van der Waals surface area contributed by atoms with Crippen molar-refractivity contribution in [2.45, 2.75) is 6.92 Å². The van der Waals surface area contributed by atoms with Crippen molar-refractivity contribution < 1.29 is 14.7 Å². The molecule has 0 atom stereocenters. The zero-order valence-corrected chi connectivity index (χ0v) is 7.57. The Balaban J connectivity index is 3.27. The molecular formula is C11H8O3. The van der Waals surface area contributed by atoms with E-state index >= 15 is 0 Å². The Morgan fingerprint density at radius 1 is 1.50 bits per heavy atom. The molecular weight excluding hydrogens is 180 g/mol. The zero-order valence-electron chi connectivity index (χ0n) is 7.57. The predicted molar refractivity (Wildman–Crippen MR) is 51.1 cm³/mol. The normalized spacial score (nSPS) is 8.64. The van der Waals surface area contributed by atoms with Crippen molar-refractivity contribution in [3.63, 3.8) is 0 Å². The molecule has 3 nitrogen and oxygen atoms in total. The third-order valence-electron chi connectivity index (χ3n) is 1.83. The van der Waals surface area contributed by atoms with Gasteiger partial charge >= 0.3 is 5.97 Å². The van der Waals surface area contributed by atoms with Crippen molar-refractivity contribution >= 4 is 12.3 Å². The third kappa shape index (κ3) is 1.99. The molecule has 0 spiro atoms. The van der Waals surface area contributed by atoms with Gasteiger partial charge in [-0.1, -0.05) is 12.0 Å². The van der Waals surface area contributed by atoms with Crippen LogP contribution in [0.15, 0.2) is 18.2 Å². The summed E-state index contributed by atoms with van der Waals surface area (Å²) in [4.78, 5) is 20.7. The van der Waals surface area contributed by atoms with Crippen molar-refractivity contribution in [2.75, 3.05) is 0 Å². The van der Waals surface area contributed by atoms with Crippen molar-refractivity contribution in [1.29, 1.82) is 0 Å². The van der Waals surface area contributed by atoms with Crippen LogP contribution < -0.4 is 0 Å². The topological polar surface area (TPSA) is 54.4 Å². The number of carbonyl (C=O) groups is 2. The molecule has 0 aliphatic carbocycles. The lowest BCUT2D eigenvalue weighted by Gasteiger charge is -2.01. The minimum absolute atomic E-state index is 0.211. The monoisotopic (exact) mass is 188 g/mol. The van der Waals surface area contributed by atoms with E-state index in [1.807, 2.05) is 0 Å². The number of benzene rings is 1. The average molecular weight is 188 g/mol. The second-order valence-corrected chi connectivity index (χ2v) is 2.67. The Morgan fingerprint density at radius 3 is 2.79 bits per heavy atom. The van der Waals surface area contributed by atoms with E-state index < -0.39 is 5.97 Å². The van der Waals surface area contributed by atoms with Gasteiger partial charge in [-0.2, -0.15) is 0 Å². The van der Waals surface area contributed by atoms with Gasteiger partial charge in [0.15, 0.2) is 6.29 Å². The van der Waals surface area contributed by atoms with E-state index in [-0.39, 0.29) is 5.56 Å². The van der Waals surface area contributed by atoms with Crippen molar-refractivity contribution in [2.24, 2.45) is 0 Å². The van der Waals surface area contributed by atoms with E-state index in [1.54, 1.807) is 19.1 Å². The van der Waals surface area contributed by atoms with E-state index in [4.69, 9.17) is 5.11 Å². The van der Waals surface area contributed by atoms with Crippen molar-refractivity contribution in [3.8, 4) is 11.8 Å². The highest BCUT2D eigenvalue weighted by Crippen LogP contribution is 2.12. The standard InChI is InChI=1S/C11H8O3/c1-8-9(5-3-7-12)4-2-6-10(8)11(13)14/h2,4,6-7H,1H3,(H,13,14). The number of carboxylic acid groups (broad SMARTS) is 1. The lowest BCUT2D eigenvalue weighted by atomic mass is 10.0. The fraction of sp³-hybridized carbons (Fsp3) is 0.0909. The number of hydrogen-bond acceptors (Lipinski definition) is 2. The van der Waals surface area contributed by atoms with Crippen LogP contribution in [0.2, 0.25) is 0 Å². The van der Waals surface area contributed by atoms with Crippen LogP contribution in [-0.4, -0.2) is 17.4 Å². The largest absolute Gasteiger partial charge is 0.478 e. The summed E-state index contributed by atoms with van der Waals surface area (Å²) in [5.41, 5.74) is 1.36. The smallest absolute Gasteiger partial charge is 0.335 e. The van der Waals surface area contributed by atoms with Crippen LogP contribution in [0.4, 0.5) is 0 Å². The molecule has 0 amide bonds. The number of aromatic carboxylic acids is 1. The van der Waals surface area contributed by atoms with Crippen LogP contribution >= 0.6 is 0 Å². The molecule has 1 aromatic rings. The second-order valence-electron chi connectivity index (χ2n) is 2.67. The van der Waals surface area contributed by atoms with Crippen LogP contribution in [-0.2, 0) is 4.79 Å². The maximum absolute atomic E-state index is 10.7. The van der Waals surface area contributed by atoms with E-state index in [9.17, 15) is 9.59 Å². The van der Waals surface area contributed by atoms with E-state index in [0.717, 1.165) is 0 Å². The first-order chi connectivity index (χ1) is 6.66. The molecule has 0 aliphatic heterocycles. The first-order valence-electron chi connectivity index (χ1n) is 3.95. The maximum Gasteiger partial charge on any atom is 0.335 e. The summed E-state index contributed by atoms with van der Waals surface area (Å²) in [6, 6.07) is 4.79. The molecule has 0 aliphatic rings. The quantitative estimate of drug-likeness (QED) is 0.533. The number of aldehydes is 1. The summed E-state index contributed by atoms with van der Waals surface area (Å²) in [6.45, 7) is 1.66. The Hall–Kier alpha value is -2.08. The summed E-state index contributed by atoms with van der Waals surface area (Å²) in [5.74, 6) is 3.84. The summed E-state index contributed by atoms with van der Waals surface area (Å²) in [6.07, 6.45) is 0.479. The van der Waals surface area contributed by atoms with E-state index in [1.165, 1.54) is 6.07 Å². The fourth-order valence-corrected chi connectivity index (χ4v) is 1.11. The van der Waals surface area contributed by atoms with Crippen molar-refractivity contribution in [1.82, 2.24) is 0 Å². The first-order valence-corrected chi connectivity index (χ1v) is 3.95. The third-order valence-corrected chi connectivity index (χ3v) is 1.83. The lowest BCUT2D eigenvalue weighted by molar-refractivity contribution is -0.103. The second kappa shape index (κ2) is 4.24. The molecule has 0 radical (unpaired) electrons. The fourth-order valence-electron chi connectivity index (χ4n) is 1.11. The molecule has 0 unspecified atom stereocenters. The number of carboxylic acids is 1. The highest BCUT2D eigenvalue weighted by atomic mass is 16.4. The summed E-state index contributed by atoms with van der Waals surface area (Å²) >= 11 is 0. The highest BCUT2D eigenvalue weighted by molar-refractivity contribution is 5.90. The molecule has 0 bridgehead atoms. The molecule has 70 valence electrons. The van der Waals surface area contributed by atoms with Crippen molar-refractivity contribution in [3.05, 3.63) is 34.9 Å². The van der Waals surface area contributed by atoms with Crippen LogP contribution in [0.5, 0.6) is 0 Å². The van der Waals surface area contributed by atoms with Gasteiger partial charge in [0, 0.05) is 5.56 Å². The van der Waals surface area contributed by atoms with Gasteiger partial charge in [-0.05, 0) is 30.5 Å². The molecule has 3 heteroatoms. The molecule has 0 heterocycles.